The second-order valence-electron chi connectivity index (χ2n) is 5.95. The number of hydrogen-bond acceptors (Lipinski definition) is 4. The SMILES string of the molecule is CCOc1ccc(N=c2scc(-c3ccc(F)cc3)n2CCCOC)cc1. The number of thiazole rings is 1. The van der Waals surface area contributed by atoms with Gasteiger partial charge in [-0.25, -0.2) is 9.38 Å². The first-order chi connectivity index (χ1) is 13.2. The molecule has 2 aromatic carbocycles. The van der Waals surface area contributed by atoms with Crippen molar-refractivity contribution in [1.82, 2.24) is 4.57 Å². The van der Waals surface area contributed by atoms with E-state index < -0.39 is 0 Å². The third kappa shape index (κ3) is 5.05. The molecule has 1 heterocycles. The first-order valence-corrected chi connectivity index (χ1v) is 9.80. The van der Waals surface area contributed by atoms with Crippen LogP contribution >= 0.6 is 11.3 Å². The smallest absolute Gasteiger partial charge is 0.190 e. The third-order valence-corrected chi connectivity index (χ3v) is 4.90. The maximum Gasteiger partial charge on any atom is 0.190 e. The van der Waals surface area contributed by atoms with Gasteiger partial charge in [0, 0.05) is 25.6 Å². The largest absolute Gasteiger partial charge is 0.494 e. The number of methoxy groups -OCH3 is 1. The van der Waals surface area contributed by atoms with Crippen LogP contribution in [0.1, 0.15) is 13.3 Å². The highest BCUT2D eigenvalue weighted by Gasteiger charge is 2.08. The van der Waals surface area contributed by atoms with Gasteiger partial charge in [-0.1, -0.05) is 0 Å². The van der Waals surface area contributed by atoms with E-state index in [0.717, 1.165) is 40.5 Å². The van der Waals surface area contributed by atoms with Gasteiger partial charge in [0.2, 0.25) is 0 Å². The molecule has 0 saturated carbocycles. The molecule has 0 radical (unpaired) electrons. The molecule has 3 aromatic rings. The average molecular weight is 386 g/mol. The van der Waals surface area contributed by atoms with Crippen LogP contribution in [0.3, 0.4) is 0 Å². The topological polar surface area (TPSA) is 35.8 Å². The third-order valence-electron chi connectivity index (χ3n) is 4.04. The summed E-state index contributed by atoms with van der Waals surface area (Å²) in [5.74, 6) is 0.599. The van der Waals surface area contributed by atoms with Crippen molar-refractivity contribution in [3.05, 3.63) is 64.5 Å². The van der Waals surface area contributed by atoms with E-state index in [2.05, 4.69) is 9.95 Å². The molecule has 1 aromatic heterocycles. The monoisotopic (exact) mass is 386 g/mol. The minimum Gasteiger partial charge on any atom is -0.494 e. The molecule has 0 aliphatic heterocycles. The lowest BCUT2D eigenvalue weighted by Gasteiger charge is -2.09. The van der Waals surface area contributed by atoms with Crippen LogP contribution in [0.5, 0.6) is 5.75 Å². The molecule has 0 fully saturated rings. The van der Waals surface area contributed by atoms with E-state index in [9.17, 15) is 4.39 Å². The zero-order valence-electron chi connectivity index (χ0n) is 15.5. The van der Waals surface area contributed by atoms with Crippen LogP contribution in [0.4, 0.5) is 10.1 Å². The number of aromatic nitrogens is 1. The fourth-order valence-corrected chi connectivity index (χ4v) is 3.70. The van der Waals surface area contributed by atoms with E-state index in [1.54, 1.807) is 30.6 Å². The second-order valence-corrected chi connectivity index (χ2v) is 6.78. The van der Waals surface area contributed by atoms with Gasteiger partial charge in [0.1, 0.15) is 11.6 Å². The lowest BCUT2D eigenvalue weighted by atomic mass is 10.1. The van der Waals surface area contributed by atoms with Gasteiger partial charge in [0.05, 0.1) is 18.0 Å². The standard InChI is InChI=1S/C21H23FN2O2S/c1-3-26-19-11-9-18(10-12-19)23-21-24(13-4-14-25-2)20(15-27-21)16-5-7-17(22)8-6-16/h5-12,15H,3-4,13-14H2,1-2H3. The lowest BCUT2D eigenvalue weighted by Crippen LogP contribution is -2.17. The number of ether oxygens (including phenoxy) is 2. The summed E-state index contributed by atoms with van der Waals surface area (Å²) in [6.07, 6.45) is 0.873. The van der Waals surface area contributed by atoms with Crippen molar-refractivity contribution in [2.75, 3.05) is 20.3 Å². The number of nitrogens with zero attached hydrogens (tertiary/aromatic N) is 2. The van der Waals surface area contributed by atoms with Gasteiger partial charge in [-0.05, 0) is 67.4 Å². The van der Waals surface area contributed by atoms with Crippen molar-refractivity contribution in [2.24, 2.45) is 4.99 Å². The summed E-state index contributed by atoms with van der Waals surface area (Å²) >= 11 is 1.57. The molecule has 0 aliphatic carbocycles. The van der Waals surface area contributed by atoms with Crippen molar-refractivity contribution >= 4 is 17.0 Å². The quantitative estimate of drug-likeness (QED) is 0.510. The van der Waals surface area contributed by atoms with Gasteiger partial charge >= 0.3 is 0 Å². The first-order valence-electron chi connectivity index (χ1n) is 8.92. The van der Waals surface area contributed by atoms with Crippen LogP contribution in [0, 0.1) is 5.82 Å². The van der Waals surface area contributed by atoms with Gasteiger partial charge in [0.25, 0.3) is 0 Å². The van der Waals surface area contributed by atoms with Gasteiger partial charge in [0.15, 0.2) is 4.80 Å². The summed E-state index contributed by atoms with van der Waals surface area (Å²) in [6, 6.07) is 14.3. The minimum absolute atomic E-state index is 0.237. The summed E-state index contributed by atoms with van der Waals surface area (Å²) in [6.45, 7) is 4.06. The van der Waals surface area contributed by atoms with Gasteiger partial charge in [-0.3, -0.25) is 0 Å². The second kappa shape index (κ2) is 9.48. The molecule has 142 valence electrons. The number of hydrogen-bond donors (Lipinski definition) is 0. The van der Waals surface area contributed by atoms with E-state index in [0.29, 0.717) is 13.2 Å². The van der Waals surface area contributed by atoms with Gasteiger partial charge in [-0.2, -0.15) is 0 Å². The Labute approximate surface area is 162 Å². The molecular weight excluding hydrogens is 363 g/mol. The molecule has 6 heteroatoms. The van der Waals surface area contributed by atoms with Crippen molar-refractivity contribution < 1.29 is 13.9 Å². The summed E-state index contributed by atoms with van der Waals surface area (Å²) in [5, 5.41) is 2.06. The molecular formula is C21H23FN2O2S. The predicted molar refractivity (Wildman–Crippen MR) is 107 cm³/mol. The van der Waals surface area contributed by atoms with Crippen molar-refractivity contribution in [3.63, 3.8) is 0 Å². The van der Waals surface area contributed by atoms with E-state index in [1.807, 2.05) is 31.2 Å². The maximum atomic E-state index is 13.3. The Morgan fingerprint density at radius 2 is 1.81 bits per heavy atom. The van der Waals surface area contributed by atoms with Crippen LogP contribution in [0.25, 0.3) is 11.3 Å². The fraction of sp³-hybridized carbons (Fsp3) is 0.286. The highest BCUT2D eigenvalue weighted by atomic mass is 32.1. The average Bonchev–Trinajstić information content (AvgIpc) is 3.07. The van der Waals surface area contributed by atoms with E-state index in [1.165, 1.54) is 12.1 Å². The highest BCUT2D eigenvalue weighted by molar-refractivity contribution is 7.07. The van der Waals surface area contributed by atoms with Gasteiger partial charge < -0.3 is 14.0 Å². The van der Waals surface area contributed by atoms with Crippen LogP contribution < -0.4 is 9.54 Å². The molecule has 0 unspecified atom stereocenters. The van der Waals surface area contributed by atoms with E-state index in [4.69, 9.17) is 14.5 Å². The Morgan fingerprint density at radius 3 is 2.48 bits per heavy atom. The zero-order valence-corrected chi connectivity index (χ0v) is 16.3. The molecule has 3 rings (SSSR count). The fourth-order valence-electron chi connectivity index (χ4n) is 2.75. The van der Waals surface area contributed by atoms with E-state index >= 15 is 0 Å². The number of rotatable bonds is 8. The first kappa shape index (κ1) is 19.3. The number of halogens is 1. The lowest BCUT2D eigenvalue weighted by molar-refractivity contribution is 0.190. The summed E-state index contributed by atoms with van der Waals surface area (Å²) in [5.41, 5.74) is 2.87. The highest BCUT2D eigenvalue weighted by Crippen LogP contribution is 2.22. The van der Waals surface area contributed by atoms with Crippen LogP contribution in [-0.4, -0.2) is 24.9 Å². The van der Waals surface area contributed by atoms with Crippen molar-refractivity contribution in [1.29, 1.82) is 0 Å². The predicted octanol–water partition coefficient (Wildman–Crippen LogP) is 5.02. The maximum absolute atomic E-state index is 13.3. The Morgan fingerprint density at radius 1 is 1.07 bits per heavy atom. The zero-order chi connectivity index (χ0) is 19.1. The van der Waals surface area contributed by atoms with Crippen LogP contribution in [-0.2, 0) is 11.3 Å². The van der Waals surface area contributed by atoms with Crippen LogP contribution in [0.15, 0.2) is 58.9 Å². The summed E-state index contributed by atoms with van der Waals surface area (Å²) in [4.78, 5) is 5.69. The summed E-state index contributed by atoms with van der Waals surface area (Å²) in [7, 11) is 1.70. The summed E-state index contributed by atoms with van der Waals surface area (Å²) < 4.78 is 26.1. The normalized spacial score (nSPS) is 11.7. The molecule has 0 amide bonds. The Bertz CT molecular complexity index is 915. The van der Waals surface area contributed by atoms with Crippen LogP contribution in [0.2, 0.25) is 0 Å². The van der Waals surface area contributed by atoms with Crippen molar-refractivity contribution in [3.8, 4) is 17.0 Å². The minimum atomic E-state index is -0.237. The molecule has 0 bridgehead atoms. The Hall–Kier alpha value is -2.44. The molecule has 0 aliphatic rings. The van der Waals surface area contributed by atoms with Crippen molar-refractivity contribution in [2.45, 2.75) is 19.9 Å². The molecule has 0 spiro atoms. The number of benzene rings is 2. The molecule has 0 saturated heterocycles. The Balaban J connectivity index is 1.97. The van der Waals surface area contributed by atoms with E-state index in [-0.39, 0.29) is 5.82 Å². The molecule has 4 nitrogen and oxygen atoms in total. The molecule has 27 heavy (non-hydrogen) atoms. The molecule has 0 atom stereocenters. The molecule has 0 N–H and O–H groups in total. The van der Waals surface area contributed by atoms with Gasteiger partial charge in [-0.15, -0.1) is 11.3 Å². The Kier molecular flexibility index (Phi) is 6.79.